The Morgan fingerprint density at radius 3 is 3.00 bits per heavy atom. The van der Waals surface area contributed by atoms with E-state index in [-0.39, 0.29) is 18.6 Å². The highest BCUT2D eigenvalue weighted by Crippen LogP contribution is 2.25. The Morgan fingerprint density at radius 2 is 2.26 bits per heavy atom. The molecule has 0 spiro atoms. The first-order valence-electron chi connectivity index (χ1n) is 6.81. The lowest BCUT2D eigenvalue weighted by atomic mass is 9.98. The first-order valence-corrected chi connectivity index (χ1v) is 7.60. The molecule has 1 unspecified atom stereocenters. The third kappa shape index (κ3) is 3.37. The van der Waals surface area contributed by atoms with E-state index in [4.69, 9.17) is 5.11 Å². The second kappa shape index (κ2) is 6.53. The lowest BCUT2D eigenvalue weighted by Crippen LogP contribution is -2.44. The van der Waals surface area contributed by atoms with E-state index in [0.717, 1.165) is 41.4 Å². The van der Waals surface area contributed by atoms with Crippen LogP contribution in [0.15, 0.2) is 22.7 Å². The second-order valence-electron chi connectivity index (χ2n) is 5.14. The van der Waals surface area contributed by atoms with E-state index in [1.807, 2.05) is 30.0 Å². The fourth-order valence-corrected chi connectivity index (χ4v) is 3.09. The summed E-state index contributed by atoms with van der Waals surface area (Å²) in [5.41, 5.74) is 1.81. The van der Waals surface area contributed by atoms with Crippen LogP contribution < -0.4 is 0 Å². The first-order chi connectivity index (χ1) is 9.13. The van der Waals surface area contributed by atoms with Crippen LogP contribution in [0.5, 0.6) is 0 Å². The van der Waals surface area contributed by atoms with Crippen molar-refractivity contribution in [1.29, 1.82) is 0 Å². The van der Waals surface area contributed by atoms with Gasteiger partial charge in [-0.2, -0.15) is 0 Å². The van der Waals surface area contributed by atoms with Crippen molar-refractivity contribution in [2.75, 3.05) is 13.2 Å². The zero-order valence-electron chi connectivity index (χ0n) is 11.2. The smallest absolute Gasteiger partial charge is 0.255 e. The van der Waals surface area contributed by atoms with Gasteiger partial charge in [0.25, 0.3) is 5.91 Å². The lowest BCUT2D eigenvalue weighted by Gasteiger charge is -2.36. The number of likely N-dealkylation sites (tertiary alicyclic amines) is 1. The van der Waals surface area contributed by atoms with E-state index in [1.54, 1.807) is 0 Å². The van der Waals surface area contributed by atoms with Crippen LogP contribution in [0.4, 0.5) is 0 Å². The Morgan fingerprint density at radius 1 is 1.47 bits per heavy atom. The Balaban J connectivity index is 2.23. The molecule has 1 aromatic carbocycles. The summed E-state index contributed by atoms with van der Waals surface area (Å²) in [6.07, 6.45) is 3.87. The van der Waals surface area contributed by atoms with Crippen LogP contribution in [0.1, 0.15) is 41.6 Å². The molecule has 0 saturated carbocycles. The van der Waals surface area contributed by atoms with Gasteiger partial charge in [0.15, 0.2) is 0 Å². The summed E-state index contributed by atoms with van der Waals surface area (Å²) in [7, 11) is 0. The number of nitrogens with zero attached hydrogens (tertiary/aromatic N) is 1. The highest BCUT2D eigenvalue weighted by atomic mass is 79.9. The number of rotatable bonds is 3. The molecule has 104 valence electrons. The summed E-state index contributed by atoms with van der Waals surface area (Å²) in [6, 6.07) is 6.02. The van der Waals surface area contributed by atoms with Gasteiger partial charge in [0.2, 0.25) is 0 Å². The van der Waals surface area contributed by atoms with Crippen molar-refractivity contribution < 1.29 is 9.90 Å². The van der Waals surface area contributed by atoms with Gasteiger partial charge in [-0.1, -0.05) is 11.6 Å². The van der Waals surface area contributed by atoms with Crippen molar-refractivity contribution in [2.24, 2.45) is 0 Å². The number of piperidine rings is 1. The number of hydrogen-bond donors (Lipinski definition) is 1. The molecule has 0 aliphatic carbocycles. The fraction of sp³-hybridized carbons (Fsp3) is 0.533. The molecule has 0 radical (unpaired) electrons. The van der Waals surface area contributed by atoms with Gasteiger partial charge in [0.1, 0.15) is 0 Å². The van der Waals surface area contributed by atoms with Crippen LogP contribution in [0.3, 0.4) is 0 Å². The zero-order chi connectivity index (χ0) is 13.8. The predicted octanol–water partition coefficient (Wildman–Crippen LogP) is 3.13. The lowest BCUT2D eigenvalue weighted by molar-refractivity contribution is 0.0573. The van der Waals surface area contributed by atoms with Gasteiger partial charge < -0.3 is 10.0 Å². The summed E-state index contributed by atoms with van der Waals surface area (Å²) >= 11 is 3.46. The molecule has 0 aromatic heterocycles. The van der Waals surface area contributed by atoms with Crippen molar-refractivity contribution in [3.05, 3.63) is 33.8 Å². The number of aliphatic hydroxyl groups excluding tert-OH is 1. The van der Waals surface area contributed by atoms with E-state index in [2.05, 4.69) is 15.9 Å². The molecule has 1 heterocycles. The van der Waals surface area contributed by atoms with E-state index in [1.165, 1.54) is 0 Å². The van der Waals surface area contributed by atoms with Crippen molar-refractivity contribution in [2.45, 2.75) is 38.6 Å². The van der Waals surface area contributed by atoms with E-state index >= 15 is 0 Å². The van der Waals surface area contributed by atoms with Gasteiger partial charge in [0, 0.05) is 23.7 Å². The van der Waals surface area contributed by atoms with E-state index in [0.29, 0.717) is 6.42 Å². The van der Waals surface area contributed by atoms with E-state index < -0.39 is 0 Å². The minimum Gasteiger partial charge on any atom is -0.396 e. The van der Waals surface area contributed by atoms with E-state index in [9.17, 15) is 4.79 Å². The van der Waals surface area contributed by atoms with Crippen LogP contribution in [0.2, 0.25) is 0 Å². The number of halogens is 1. The Bertz CT molecular complexity index is 459. The van der Waals surface area contributed by atoms with Gasteiger partial charge in [-0.05, 0) is 60.7 Å². The molecule has 1 atom stereocenters. The number of amides is 1. The van der Waals surface area contributed by atoms with Crippen LogP contribution in [0, 0.1) is 6.92 Å². The molecule has 1 fully saturated rings. The predicted molar refractivity (Wildman–Crippen MR) is 79.3 cm³/mol. The summed E-state index contributed by atoms with van der Waals surface area (Å²) in [6.45, 7) is 2.93. The Labute approximate surface area is 122 Å². The number of benzene rings is 1. The highest BCUT2D eigenvalue weighted by Gasteiger charge is 2.27. The topological polar surface area (TPSA) is 40.5 Å². The molecule has 1 amide bonds. The molecule has 1 N–H and O–H groups in total. The van der Waals surface area contributed by atoms with Crippen molar-refractivity contribution >= 4 is 21.8 Å². The second-order valence-corrected chi connectivity index (χ2v) is 6.00. The standard InChI is InChI=1S/C15H20BrNO2/c1-11-5-6-14(16)13(10-11)15(19)17-8-3-2-4-12(17)7-9-18/h5-6,10,12,18H,2-4,7-9H2,1H3. The normalized spacial score (nSPS) is 19.5. The third-order valence-corrected chi connectivity index (χ3v) is 4.39. The molecule has 3 nitrogen and oxygen atoms in total. The maximum Gasteiger partial charge on any atom is 0.255 e. The number of aryl methyl sites for hydroxylation is 1. The monoisotopic (exact) mass is 325 g/mol. The molecule has 2 rings (SSSR count). The maximum atomic E-state index is 12.7. The molecule has 1 aromatic rings. The van der Waals surface area contributed by atoms with Crippen LogP contribution in [0.25, 0.3) is 0 Å². The molecule has 1 aliphatic heterocycles. The van der Waals surface area contributed by atoms with Crippen LogP contribution >= 0.6 is 15.9 Å². The van der Waals surface area contributed by atoms with Gasteiger partial charge in [-0.15, -0.1) is 0 Å². The number of aliphatic hydroxyl groups is 1. The summed E-state index contributed by atoms with van der Waals surface area (Å²) in [5, 5.41) is 9.14. The number of carbonyl (C=O) groups excluding carboxylic acids is 1. The number of carbonyl (C=O) groups is 1. The van der Waals surface area contributed by atoms with Crippen molar-refractivity contribution in [3.8, 4) is 0 Å². The minimum atomic E-state index is 0.0775. The van der Waals surface area contributed by atoms with Crippen LogP contribution in [-0.2, 0) is 0 Å². The first kappa shape index (κ1) is 14.5. The van der Waals surface area contributed by atoms with Gasteiger partial charge >= 0.3 is 0 Å². The Kier molecular flexibility index (Phi) is 4.99. The molecular formula is C15H20BrNO2. The van der Waals surface area contributed by atoms with Gasteiger partial charge in [-0.3, -0.25) is 4.79 Å². The van der Waals surface area contributed by atoms with Gasteiger partial charge in [0.05, 0.1) is 5.56 Å². The zero-order valence-corrected chi connectivity index (χ0v) is 12.8. The average molecular weight is 326 g/mol. The minimum absolute atomic E-state index is 0.0775. The molecule has 4 heteroatoms. The van der Waals surface area contributed by atoms with Crippen molar-refractivity contribution in [3.63, 3.8) is 0 Å². The Hall–Kier alpha value is -0.870. The van der Waals surface area contributed by atoms with Crippen LogP contribution in [-0.4, -0.2) is 35.1 Å². The number of hydrogen-bond acceptors (Lipinski definition) is 2. The molecular weight excluding hydrogens is 306 g/mol. The summed E-state index contributed by atoms with van der Waals surface area (Å²) < 4.78 is 0.844. The largest absolute Gasteiger partial charge is 0.396 e. The summed E-state index contributed by atoms with van der Waals surface area (Å²) in [4.78, 5) is 14.6. The van der Waals surface area contributed by atoms with Gasteiger partial charge in [-0.25, -0.2) is 0 Å². The SMILES string of the molecule is Cc1ccc(Br)c(C(=O)N2CCCCC2CCO)c1. The average Bonchev–Trinajstić information content (AvgIpc) is 2.42. The van der Waals surface area contributed by atoms with Crippen molar-refractivity contribution in [1.82, 2.24) is 4.90 Å². The molecule has 0 bridgehead atoms. The summed E-state index contributed by atoms with van der Waals surface area (Å²) in [5.74, 6) is 0.0775. The molecule has 1 saturated heterocycles. The quantitative estimate of drug-likeness (QED) is 0.927. The molecule has 19 heavy (non-hydrogen) atoms. The third-order valence-electron chi connectivity index (χ3n) is 3.70. The highest BCUT2D eigenvalue weighted by molar-refractivity contribution is 9.10. The maximum absolute atomic E-state index is 12.7. The molecule has 1 aliphatic rings. The fourth-order valence-electron chi connectivity index (χ4n) is 2.67.